The Kier molecular flexibility index (Phi) is 4.78. The highest BCUT2D eigenvalue weighted by Gasteiger charge is 2.33. The van der Waals surface area contributed by atoms with E-state index < -0.39 is 22.7 Å². The number of carbonyl (C=O) groups is 1. The number of hydrogen-bond acceptors (Lipinski definition) is 2. The molecule has 0 saturated carbocycles. The molecule has 0 amide bonds. The molecule has 100 valence electrons. The summed E-state index contributed by atoms with van der Waals surface area (Å²) in [5.74, 6) is -0.902. The summed E-state index contributed by atoms with van der Waals surface area (Å²) in [6.07, 6.45) is -4.18. The lowest BCUT2D eigenvalue weighted by Crippen LogP contribution is -2.20. The van der Waals surface area contributed by atoms with Crippen LogP contribution < -0.4 is 4.74 Å². The largest absolute Gasteiger partial charge is 0.573 e. The summed E-state index contributed by atoms with van der Waals surface area (Å²) in [7, 11) is 0. The maximum atomic E-state index is 12.2. The first-order chi connectivity index (χ1) is 8.24. The van der Waals surface area contributed by atoms with Crippen LogP contribution in [0, 0.1) is 0 Å². The van der Waals surface area contributed by atoms with E-state index in [2.05, 4.69) is 20.7 Å². The van der Waals surface area contributed by atoms with Crippen LogP contribution in [0.2, 0.25) is 0 Å². The number of alkyl halides is 4. The molecule has 1 atom stereocenters. The van der Waals surface area contributed by atoms with Gasteiger partial charge in [-0.3, -0.25) is 4.79 Å². The van der Waals surface area contributed by atoms with Crippen LogP contribution in [0.15, 0.2) is 18.2 Å². The lowest BCUT2D eigenvalue weighted by Gasteiger charge is -2.14. The van der Waals surface area contributed by atoms with E-state index in [-0.39, 0.29) is 5.56 Å². The van der Waals surface area contributed by atoms with E-state index in [9.17, 15) is 18.0 Å². The van der Waals surface area contributed by atoms with Crippen LogP contribution in [-0.2, 0) is 6.42 Å². The van der Waals surface area contributed by atoms with Crippen molar-refractivity contribution in [3.05, 3.63) is 29.3 Å². The fourth-order valence-electron chi connectivity index (χ4n) is 1.42. The second-order valence-electron chi connectivity index (χ2n) is 3.71. The number of ether oxygens (including phenoxy) is 1. The molecule has 1 rings (SSSR count). The maximum Gasteiger partial charge on any atom is 0.573 e. The van der Waals surface area contributed by atoms with Gasteiger partial charge in [0, 0.05) is 0 Å². The van der Waals surface area contributed by atoms with Crippen molar-refractivity contribution < 1.29 is 22.7 Å². The highest BCUT2D eigenvalue weighted by Crippen LogP contribution is 2.29. The summed E-state index contributed by atoms with van der Waals surface area (Å²) in [5.41, 5.74) is 0.720. The van der Waals surface area contributed by atoms with E-state index in [0.29, 0.717) is 6.42 Å². The Morgan fingerprint density at radius 2 is 2.06 bits per heavy atom. The van der Waals surface area contributed by atoms with Crippen molar-refractivity contribution in [2.75, 3.05) is 0 Å². The van der Waals surface area contributed by atoms with Gasteiger partial charge in [-0.15, -0.1) is 13.2 Å². The molecule has 0 fully saturated rings. The van der Waals surface area contributed by atoms with E-state index in [0.717, 1.165) is 5.56 Å². The van der Waals surface area contributed by atoms with Gasteiger partial charge in [-0.25, -0.2) is 0 Å². The fourth-order valence-corrected chi connectivity index (χ4v) is 1.66. The van der Waals surface area contributed by atoms with Crippen LogP contribution in [0.4, 0.5) is 13.2 Å². The summed E-state index contributed by atoms with van der Waals surface area (Å²) in [6.45, 7) is 3.41. The van der Waals surface area contributed by atoms with Gasteiger partial charge in [0.2, 0.25) is 0 Å². The molecule has 1 unspecified atom stereocenters. The summed E-state index contributed by atoms with van der Waals surface area (Å²) in [4.78, 5) is 11.3. The molecule has 0 heterocycles. The predicted octanol–water partition coefficient (Wildman–Crippen LogP) is 4.11. The maximum absolute atomic E-state index is 12.2. The molecule has 0 aromatic heterocycles. The van der Waals surface area contributed by atoms with E-state index in [4.69, 9.17) is 0 Å². The van der Waals surface area contributed by atoms with E-state index in [1.165, 1.54) is 18.2 Å². The first kappa shape index (κ1) is 15.0. The average molecular weight is 325 g/mol. The molecular weight excluding hydrogens is 313 g/mol. The minimum Gasteiger partial charge on any atom is -0.405 e. The first-order valence-corrected chi connectivity index (χ1v) is 6.23. The third-order valence-electron chi connectivity index (χ3n) is 2.30. The number of carbonyl (C=O) groups excluding carboxylic acids is 1. The molecular formula is C12H12BrF3O2. The van der Waals surface area contributed by atoms with Gasteiger partial charge in [-0.05, 0) is 31.0 Å². The quantitative estimate of drug-likeness (QED) is 0.615. The van der Waals surface area contributed by atoms with Crippen LogP contribution in [0.3, 0.4) is 0 Å². The third-order valence-corrected chi connectivity index (χ3v) is 2.72. The van der Waals surface area contributed by atoms with Crippen LogP contribution in [0.1, 0.15) is 29.8 Å². The molecule has 0 radical (unpaired) electrons. The Morgan fingerprint density at radius 3 is 2.50 bits per heavy atom. The number of halogens is 4. The zero-order valence-corrected chi connectivity index (χ0v) is 11.4. The van der Waals surface area contributed by atoms with Gasteiger partial charge in [0.15, 0.2) is 5.78 Å². The number of ketones is 1. The molecule has 2 nitrogen and oxygen atoms in total. The van der Waals surface area contributed by atoms with Crippen molar-refractivity contribution in [2.24, 2.45) is 0 Å². The van der Waals surface area contributed by atoms with Gasteiger partial charge < -0.3 is 4.74 Å². The third kappa shape index (κ3) is 4.01. The number of hydrogen-bond donors (Lipinski definition) is 0. The van der Waals surface area contributed by atoms with Crippen molar-refractivity contribution in [1.29, 1.82) is 0 Å². The zero-order valence-electron chi connectivity index (χ0n) is 9.84. The summed E-state index contributed by atoms with van der Waals surface area (Å²) >= 11 is 3.05. The molecule has 1 aromatic carbocycles. The molecule has 0 aliphatic heterocycles. The van der Waals surface area contributed by atoms with Crippen molar-refractivity contribution in [2.45, 2.75) is 31.5 Å². The molecule has 0 aliphatic carbocycles. The van der Waals surface area contributed by atoms with Crippen molar-refractivity contribution in [3.63, 3.8) is 0 Å². The minimum atomic E-state index is -4.81. The number of aryl methyl sites for hydroxylation is 1. The van der Waals surface area contributed by atoms with Gasteiger partial charge in [-0.1, -0.05) is 28.9 Å². The second-order valence-corrected chi connectivity index (χ2v) is 5.09. The summed E-state index contributed by atoms with van der Waals surface area (Å²) < 4.78 is 40.5. The summed E-state index contributed by atoms with van der Waals surface area (Å²) in [6, 6.07) is 4.12. The number of rotatable bonds is 4. The Bertz CT molecular complexity index is 441. The predicted molar refractivity (Wildman–Crippen MR) is 65.2 cm³/mol. The fraction of sp³-hybridized carbons (Fsp3) is 0.417. The molecule has 0 spiro atoms. The van der Waals surface area contributed by atoms with E-state index >= 15 is 0 Å². The lowest BCUT2D eigenvalue weighted by atomic mass is 10.0. The lowest BCUT2D eigenvalue weighted by molar-refractivity contribution is -0.274. The van der Waals surface area contributed by atoms with Gasteiger partial charge in [0.05, 0.1) is 10.4 Å². The van der Waals surface area contributed by atoms with Crippen molar-refractivity contribution >= 4 is 21.7 Å². The van der Waals surface area contributed by atoms with Crippen molar-refractivity contribution in [3.8, 4) is 5.75 Å². The number of Topliss-reactive ketones (excluding diaryl/α,β-unsaturated/α-hetero) is 1. The molecule has 18 heavy (non-hydrogen) atoms. The highest BCUT2D eigenvalue weighted by molar-refractivity contribution is 9.10. The molecule has 0 bridgehead atoms. The SMILES string of the molecule is CCc1ccc(OC(F)(F)F)c(C(=O)C(C)Br)c1. The molecule has 0 N–H and O–H groups in total. The Balaban J connectivity index is 3.20. The smallest absolute Gasteiger partial charge is 0.405 e. The Labute approximate surface area is 111 Å². The van der Waals surface area contributed by atoms with Gasteiger partial charge in [-0.2, -0.15) is 0 Å². The van der Waals surface area contributed by atoms with Gasteiger partial charge in [0.1, 0.15) is 5.75 Å². The first-order valence-electron chi connectivity index (χ1n) is 5.31. The average Bonchev–Trinajstić information content (AvgIpc) is 2.26. The Hall–Kier alpha value is -1.04. The molecule has 0 saturated heterocycles. The summed E-state index contributed by atoms with van der Waals surface area (Å²) in [5, 5.41) is 0. The zero-order chi connectivity index (χ0) is 13.9. The van der Waals surface area contributed by atoms with Gasteiger partial charge >= 0.3 is 6.36 Å². The monoisotopic (exact) mass is 324 g/mol. The van der Waals surface area contributed by atoms with Crippen molar-refractivity contribution in [1.82, 2.24) is 0 Å². The van der Waals surface area contributed by atoms with Crippen LogP contribution in [0.25, 0.3) is 0 Å². The molecule has 6 heteroatoms. The van der Waals surface area contributed by atoms with E-state index in [1.807, 2.05) is 6.92 Å². The topological polar surface area (TPSA) is 26.3 Å². The van der Waals surface area contributed by atoms with Crippen LogP contribution in [0.5, 0.6) is 5.75 Å². The highest BCUT2D eigenvalue weighted by atomic mass is 79.9. The normalized spacial score (nSPS) is 13.2. The van der Waals surface area contributed by atoms with Gasteiger partial charge in [0.25, 0.3) is 0 Å². The van der Waals surface area contributed by atoms with Crippen LogP contribution in [-0.4, -0.2) is 17.0 Å². The minimum absolute atomic E-state index is 0.0592. The second kappa shape index (κ2) is 5.73. The number of benzene rings is 1. The molecule has 1 aromatic rings. The Morgan fingerprint density at radius 1 is 1.44 bits per heavy atom. The van der Waals surface area contributed by atoms with E-state index in [1.54, 1.807) is 6.92 Å². The standard InChI is InChI=1S/C12H12BrF3O2/c1-3-8-4-5-10(18-12(14,15)16)9(6-8)11(17)7(2)13/h4-7H,3H2,1-2H3. The van der Waals surface area contributed by atoms with Crippen LogP contribution >= 0.6 is 15.9 Å². The molecule has 0 aliphatic rings.